The average molecular weight is 780 g/mol. The van der Waals surface area contributed by atoms with Crippen LogP contribution in [0, 0.1) is 0 Å². The fraction of sp³-hybridized carbons (Fsp3) is 0.243. The van der Waals surface area contributed by atoms with Crippen molar-refractivity contribution in [3.8, 4) is 17.2 Å². The second-order valence-electron chi connectivity index (χ2n) is 10.5. The molecule has 51 heavy (non-hydrogen) atoms. The van der Waals surface area contributed by atoms with E-state index >= 15 is 0 Å². The molecule has 0 spiro atoms. The Balaban J connectivity index is 0.000000277. The average Bonchev–Trinajstić information content (AvgIpc) is 3.14. The minimum absolute atomic E-state index is 0.0147. The van der Waals surface area contributed by atoms with Gasteiger partial charge in [-0.3, -0.25) is 9.59 Å². The second-order valence-corrected chi connectivity index (χ2v) is 12.1. The lowest BCUT2D eigenvalue weighted by Gasteiger charge is -2.11. The lowest BCUT2D eigenvalue weighted by atomic mass is 10.1. The standard InChI is InChI=1S/C20H20Cl2O5.C17H14Cl2O5/c1-3-4-11-26-14-7-5-13(6-8-14)17(23)12-27-20(24)18-15(21)9-10-16(22)19(18)25-2;1-23-16-13(19)7-6-12(18)15(16)17(22)24-9-14(21)11-4-2-10(8-20)3-5-11/h5-10H,3-4,11-12H2,1-2H3;2-7,20H,8-9H2,1H3. The number of esters is 2. The highest BCUT2D eigenvalue weighted by Crippen LogP contribution is 2.35. The first-order valence-corrected chi connectivity index (χ1v) is 16.8. The molecule has 0 amide bonds. The van der Waals surface area contributed by atoms with Crippen molar-refractivity contribution < 1.29 is 48.0 Å². The van der Waals surface area contributed by atoms with Gasteiger partial charge in [0.15, 0.2) is 36.3 Å². The number of ether oxygens (including phenoxy) is 5. The number of benzene rings is 4. The first-order valence-electron chi connectivity index (χ1n) is 15.3. The number of halogens is 4. The molecule has 10 nitrogen and oxygen atoms in total. The van der Waals surface area contributed by atoms with Gasteiger partial charge in [-0.25, -0.2) is 9.59 Å². The molecule has 0 fully saturated rings. The number of hydrogen-bond acceptors (Lipinski definition) is 10. The number of methoxy groups -OCH3 is 2. The molecule has 270 valence electrons. The number of aliphatic hydroxyl groups excluding tert-OH is 1. The van der Waals surface area contributed by atoms with Crippen LogP contribution in [0.15, 0.2) is 72.8 Å². The third-order valence-electron chi connectivity index (χ3n) is 7.00. The van der Waals surface area contributed by atoms with Crippen LogP contribution >= 0.6 is 46.4 Å². The van der Waals surface area contributed by atoms with Gasteiger partial charge in [0.05, 0.1) is 47.5 Å². The molecule has 14 heteroatoms. The SMILES string of the molecule is CCCCOc1ccc(C(=O)COC(=O)c2c(Cl)ccc(Cl)c2OC)cc1.COc1c(Cl)ccc(Cl)c1C(=O)OCC(=O)c1ccc(CO)cc1. The Morgan fingerprint density at radius 2 is 1.02 bits per heavy atom. The monoisotopic (exact) mass is 778 g/mol. The Kier molecular flexibility index (Phi) is 16.5. The molecular formula is C37H34Cl4O10. The van der Waals surface area contributed by atoms with Gasteiger partial charge in [-0.1, -0.05) is 84.0 Å². The van der Waals surface area contributed by atoms with E-state index in [9.17, 15) is 19.2 Å². The number of rotatable bonds is 15. The number of ketones is 2. The zero-order chi connectivity index (χ0) is 37.5. The molecule has 0 saturated carbocycles. The highest BCUT2D eigenvalue weighted by atomic mass is 35.5. The van der Waals surface area contributed by atoms with Crippen molar-refractivity contribution in [1.29, 1.82) is 0 Å². The van der Waals surface area contributed by atoms with E-state index in [-0.39, 0.29) is 60.9 Å². The topological polar surface area (TPSA) is 135 Å². The van der Waals surface area contributed by atoms with Gasteiger partial charge in [-0.15, -0.1) is 0 Å². The van der Waals surface area contributed by atoms with Gasteiger partial charge in [0.1, 0.15) is 16.9 Å². The van der Waals surface area contributed by atoms with E-state index in [1.807, 2.05) is 0 Å². The van der Waals surface area contributed by atoms with Crippen molar-refractivity contribution in [1.82, 2.24) is 0 Å². The fourth-order valence-electron chi connectivity index (χ4n) is 4.29. The largest absolute Gasteiger partial charge is 0.494 e. The smallest absolute Gasteiger partial charge is 0.343 e. The van der Waals surface area contributed by atoms with Gasteiger partial charge in [-0.05, 0) is 60.5 Å². The predicted molar refractivity (Wildman–Crippen MR) is 194 cm³/mol. The van der Waals surface area contributed by atoms with Crippen LogP contribution in [-0.4, -0.2) is 62.7 Å². The van der Waals surface area contributed by atoms with E-state index in [4.69, 9.17) is 75.2 Å². The molecule has 0 heterocycles. The minimum atomic E-state index is -0.806. The van der Waals surface area contributed by atoms with Gasteiger partial charge in [0, 0.05) is 11.1 Å². The molecule has 0 saturated heterocycles. The summed E-state index contributed by atoms with van der Waals surface area (Å²) in [5.41, 5.74) is 1.41. The van der Waals surface area contributed by atoms with Crippen LogP contribution in [0.25, 0.3) is 0 Å². The summed E-state index contributed by atoms with van der Waals surface area (Å²) in [6.07, 6.45) is 2.01. The Morgan fingerprint density at radius 1 is 0.608 bits per heavy atom. The van der Waals surface area contributed by atoms with E-state index in [1.165, 1.54) is 38.5 Å². The molecule has 0 aliphatic rings. The molecule has 0 aliphatic heterocycles. The first-order chi connectivity index (χ1) is 24.4. The third kappa shape index (κ3) is 11.6. The molecule has 1 N–H and O–H groups in total. The molecule has 0 radical (unpaired) electrons. The first kappa shape index (κ1) is 41.1. The van der Waals surface area contributed by atoms with E-state index < -0.39 is 25.2 Å². The number of carbonyl (C=O) groups is 4. The van der Waals surface area contributed by atoms with Crippen molar-refractivity contribution in [2.24, 2.45) is 0 Å². The third-order valence-corrected chi connectivity index (χ3v) is 8.23. The van der Waals surface area contributed by atoms with Crippen molar-refractivity contribution in [2.45, 2.75) is 26.4 Å². The summed E-state index contributed by atoms with van der Waals surface area (Å²) in [6.45, 7) is 1.71. The zero-order valence-electron chi connectivity index (χ0n) is 27.8. The summed E-state index contributed by atoms with van der Waals surface area (Å²) >= 11 is 24.0. The van der Waals surface area contributed by atoms with Crippen LogP contribution in [0.4, 0.5) is 0 Å². The molecule has 0 aromatic heterocycles. The van der Waals surface area contributed by atoms with Crippen LogP contribution in [0.3, 0.4) is 0 Å². The lowest BCUT2D eigenvalue weighted by Crippen LogP contribution is -2.15. The summed E-state index contributed by atoms with van der Waals surface area (Å²) in [5.74, 6) is -1.44. The normalized spacial score (nSPS) is 10.4. The van der Waals surface area contributed by atoms with E-state index in [0.29, 0.717) is 29.0 Å². The molecule has 0 atom stereocenters. The summed E-state index contributed by atoms with van der Waals surface area (Å²) in [5, 5.41) is 9.65. The van der Waals surface area contributed by atoms with Crippen LogP contribution in [0.5, 0.6) is 17.2 Å². The van der Waals surface area contributed by atoms with Crippen LogP contribution in [0.1, 0.15) is 66.8 Å². The van der Waals surface area contributed by atoms with Gasteiger partial charge in [-0.2, -0.15) is 0 Å². The number of Topliss-reactive ketones (excluding diaryl/α,β-unsaturated/α-hetero) is 2. The highest BCUT2D eigenvalue weighted by molar-refractivity contribution is 6.37. The van der Waals surface area contributed by atoms with Crippen LogP contribution < -0.4 is 14.2 Å². The zero-order valence-corrected chi connectivity index (χ0v) is 30.8. The molecular weight excluding hydrogens is 746 g/mol. The Hall–Kier alpha value is -4.32. The molecule has 0 aliphatic carbocycles. The maximum absolute atomic E-state index is 12.3. The molecule has 4 aromatic rings. The van der Waals surface area contributed by atoms with E-state index in [0.717, 1.165) is 12.8 Å². The van der Waals surface area contributed by atoms with E-state index in [1.54, 1.807) is 48.5 Å². The minimum Gasteiger partial charge on any atom is -0.494 e. The van der Waals surface area contributed by atoms with E-state index in [2.05, 4.69) is 6.92 Å². The van der Waals surface area contributed by atoms with Crippen LogP contribution in [-0.2, 0) is 16.1 Å². The Morgan fingerprint density at radius 3 is 1.41 bits per heavy atom. The molecule has 0 unspecified atom stereocenters. The van der Waals surface area contributed by atoms with Crippen molar-refractivity contribution >= 4 is 69.9 Å². The Labute approximate surface area is 315 Å². The fourth-order valence-corrected chi connectivity index (χ4v) is 5.21. The van der Waals surface area contributed by atoms with Crippen LogP contribution in [0.2, 0.25) is 20.1 Å². The molecule has 0 bridgehead atoms. The maximum Gasteiger partial charge on any atom is 0.343 e. The maximum atomic E-state index is 12.3. The summed E-state index contributed by atoms with van der Waals surface area (Å²) < 4.78 is 25.8. The van der Waals surface area contributed by atoms with Gasteiger partial charge in [0.2, 0.25) is 0 Å². The number of aliphatic hydroxyl groups is 1. The predicted octanol–water partition coefficient (Wildman–Crippen LogP) is 8.75. The number of carbonyl (C=O) groups excluding carboxylic acids is 4. The number of hydrogen-bond donors (Lipinski definition) is 1. The van der Waals surface area contributed by atoms with Crippen molar-refractivity contribution in [3.05, 3.63) is 121 Å². The summed E-state index contributed by atoms with van der Waals surface area (Å²) in [6, 6.07) is 18.9. The summed E-state index contributed by atoms with van der Waals surface area (Å²) in [7, 11) is 2.71. The molecule has 4 aromatic carbocycles. The van der Waals surface area contributed by atoms with Gasteiger partial charge in [0.25, 0.3) is 0 Å². The Bertz CT molecular complexity index is 1830. The number of unbranched alkanes of at least 4 members (excludes halogenated alkanes) is 1. The van der Waals surface area contributed by atoms with Gasteiger partial charge >= 0.3 is 11.9 Å². The highest BCUT2D eigenvalue weighted by Gasteiger charge is 2.23. The lowest BCUT2D eigenvalue weighted by molar-refractivity contribution is 0.0469. The second kappa shape index (κ2) is 20.5. The van der Waals surface area contributed by atoms with Crippen molar-refractivity contribution in [3.63, 3.8) is 0 Å². The quantitative estimate of drug-likeness (QED) is 0.0709. The summed E-state index contributed by atoms with van der Waals surface area (Å²) in [4.78, 5) is 48.8. The molecule has 4 rings (SSSR count). The van der Waals surface area contributed by atoms with Crippen molar-refractivity contribution in [2.75, 3.05) is 34.0 Å². The van der Waals surface area contributed by atoms with Gasteiger partial charge < -0.3 is 28.8 Å².